The predicted molar refractivity (Wildman–Crippen MR) is 82.3 cm³/mol. The highest BCUT2D eigenvalue weighted by molar-refractivity contribution is 6.17. The van der Waals surface area contributed by atoms with E-state index in [2.05, 4.69) is 23.1 Å². The van der Waals surface area contributed by atoms with E-state index in [1.54, 1.807) is 6.07 Å². The van der Waals surface area contributed by atoms with Gasteiger partial charge in [0.2, 0.25) is 0 Å². The molecule has 0 radical (unpaired) electrons. The number of fused-ring (bicyclic) bond motifs is 1. The van der Waals surface area contributed by atoms with Crippen molar-refractivity contribution >= 4 is 23.0 Å². The molecule has 0 fully saturated rings. The molecule has 104 valence electrons. The number of nitrogens with zero attached hydrogens (tertiary/aromatic N) is 1. The Kier molecular flexibility index (Phi) is 3.93. The minimum atomic E-state index is -0.223. The van der Waals surface area contributed by atoms with Gasteiger partial charge < -0.3 is 4.90 Å². The molecular formula is C17H17ClFN. The van der Waals surface area contributed by atoms with Crippen LogP contribution in [0.3, 0.4) is 0 Å². The second-order valence-corrected chi connectivity index (χ2v) is 5.38. The van der Waals surface area contributed by atoms with Crippen LogP contribution in [0.2, 0.25) is 0 Å². The Balaban J connectivity index is 2.12. The minimum absolute atomic E-state index is 0.195. The Morgan fingerprint density at radius 1 is 1.00 bits per heavy atom. The lowest BCUT2D eigenvalue weighted by atomic mass is 10.1. The summed E-state index contributed by atoms with van der Waals surface area (Å²) in [6.45, 7) is 0.907. The van der Waals surface area contributed by atoms with Crippen molar-refractivity contribution in [2.75, 3.05) is 11.4 Å². The molecule has 2 aromatic rings. The Hall–Kier alpha value is -1.54. The summed E-state index contributed by atoms with van der Waals surface area (Å²) >= 11 is 5.96. The number of alkyl halides is 1. The Morgan fingerprint density at radius 2 is 1.80 bits per heavy atom. The molecule has 1 nitrogen and oxygen atoms in total. The smallest absolute Gasteiger partial charge is 0.129 e. The fourth-order valence-electron chi connectivity index (χ4n) is 2.87. The van der Waals surface area contributed by atoms with Crippen molar-refractivity contribution in [1.82, 2.24) is 0 Å². The van der Waals surface area contributed by atoms with Crippen molar-refractivity contribution in [3.63, 3.8) is 0 Å². The Bertz CT molecular complexity index is 612. The van der Waals surface area contributed by atoms with Crippen LogP contribution in [-0.4, -0.2) is 6.54 Å². The molecule has 3 heteroatoms. The number of para-hydroxylation sites is 1. The average molecular weight is 290 g/mol. The normalized spacial score (nSPS) is 14.8. The first kappa shape index (κ1) is 13.4. The lowest BCUT2D eigenvalue weighted by molar-refractivity contribution is 0.616. The first-order valence-corrected chi connectivity index (χ1v) is 7.53. The van der Waals surface area contributed by atoms with Gasteiger partial charge in [-0.3, -0.25) is 0 Å². The van der Waals surface area contributed by atoms with E-state index in [1.807, 2.05) is 12.1 Å². The molecule has 0 atom stereocenters. The summed E-state index contributed by atoms with van der Waals surface area (Å²) in [4.78, 5) is 2.21. The molecule has 0 saturated carbocycles. The summed E-state index contributed by atoms with van der Waals surface area (Å²) in [7, 11) is 0. The first-order chi connectivity index (χ1) is 9.81. The van der Waals surface area contributed by atoms with Crippen LogP contribution in [0.5, 0.6) is 0 Å². The zero-order valence-electron chi connectivity index (χ0n) is 11.3. The van der Waals surface area contributed by atoms with Gasteiger partial charge in [0.15, 0.2) is 0 Å². The molecule has 0 saturated heterocycles. The number of benzene rings is 2. The molecule has 0 spiro atoms. The molecule has 2 aromatic carbocycles. The summed E-state index contributed by atoms with van der Waals surface area (Å²) < 4.78 is 14.0. The summed E-state index contributed by atoms with van der Waals surface area (Å²) in [6.07, 6.45) is 3.35. The van der Waals surface area contributed by atoms with E-state index in [4.69, 9.17) is 11.6 Å². The van der Waals surface area contributed by atoms with Gasteiger partial charge in [-0.25, -0.2) is 4.39 Å². The van der Waals surface area contributed by atoms with E-state index in [1.165, 1.54) is 23.7 Å². The average Bonchev–Trinajstić information content (AvgIpc) is 2.69. The van der Waals surface area contributed by atoms with E-state index in [0.29, 0.717) is 5.56 Å². The van der Waals surface area contributed by atoms with Gasteiger partial charge in [-0.15, -0.1) is 11.6 Å². The van der Waals surface area contributed by atoms with E-state index < -0.39 is 0 Å². The number of hydrogen-bond donors (Lipinski definition) is 0. The summed E-state index contributed by atoms with van der Waals surface area (Å²) in [5.74, 6) is -0.0278. The molecule has 20 heavy (non-hydrogen) atoms. The van der Waals surface area contributed by atoms with Crippen LogP contribution < -0.4 is 4.90 Å². The maximum Gasteiger partial charge on any atom is 0.129 e. The first-order valence-electron chi connectivity index (χ1n) is 7.00. The second-order valence-electron chi connectivity index (χ2n) is 5.11. The van der Waals surface area contributed by atoms with Gasteiger partial charge in [0.1, 0.15) is 5.82 Å². The van der Waals surface area contributed by atoms with Crippen molar-refractivity contribution in [3.8, 4) is 0 Å². The van der Waals surface area contributed by atoms with Crippen LogP contribution in [0.15, 0.2) is 42.5 Å². The summed E-state index contributed by atoms with van der Waals surface area (Å²) in [6, 6.07) is 13.6. The summed E-state index contributed by atoms with van der Waals surface area (Å²) in [5.41, 5.74) is 4.00. The highest BCUT2D eigenvalue weighted by Gasteiger charge is 2.19. The van der Waals surface area contributed by atoms with E-state index >= 15 is 0 Å². The van der Waals surface area contributed by atoms with Gasteiger partial charge in [-0.05, 0) is 43.0 Å². The molecule has 0 bridgehead atoms. The molecule has 3 rings (SSSR count). The third kappa shape index (κ3) is 2.40. The molecule has 0 aromatic heterocycles. The highest BCUT2D eigenvalue weighted by Crippen LogP contribution is 2.35. The van der Waals surface area contributed by atoms with Gasteiger partial charge >= 0.3 is 0 Å². The molecule has 0 aliphatic carbocycles. The van der Waals surface area contributed by atoms with Crippen LogP contribution in [0, 0.1) is 5.82 Å². The van der Waals surface area contributed by atoms with Crippen LogP contribution in [0.4, 0.5) is 15.8 Å². The van der Waals surface area contributed by atoms with Gasteiger partial charge in [0.25, 0.3) is 0 Å². The Morgan fingerprint density at radius 3 is 2.65 bits per heavy atom. The fourth-order valence-corrected chi connectivity index (χ4v) is 3.14. The monoisotopic (exact) mass is 289 g/mol. The van der Waals surface area contributed by atoms with Gasteiger partial charge in [-0.2, -0.15) is 0 Å². The van der Waals surface area contributed by atoms with Crippen LogP contribution in [0.1, 0.15) is 24.0 Å². The molecular weight excluding hydrogens is 273 g/mol. The molecule has 0 amide bonds. The topological polar surface area (TPSA) is 3.24 Å². The number of anilines is 2. The lowest BCUT2D eigenvalue weighted by Gasteiger charge is -2.27. The van der Waals surface area contributed by atoms with Gasteiger partial charge in [-0.1, -0.05) is 24.3 Å². The standard InChI is InChI=1S/C17H17ClFN/c18-12-14-15(19)8-5-10-17(14)20-11-4-3-7-13-6-1-2-9-16(13)20/h1-2,5-6,8-10H,3-4,7,11-12H2. The maximum absolute atomic E-state index is 14.0. The molecule has 0 N–H and O–H groups in total. The van der Waals surface area contributed by atoms with E-state index in [-0.39, 0.29) is 11.7 Å². The number of rotatable bonds is 2. The van der Waals surface area contributed by atoms with Crippen LogP contribution in [0.25, 0.3) is 0 Å². The molecule has 1 aliphatic rings. The van der Waals surface area contributed by atoms with Crippen molar-refractivity contribution in [3.05, 3.63) is 59.4 Å². The van der Waals surface area contributed by atoms with Crippen molar-refractivity contribution in [2.24, 2.45) is 0 Å². The SMILES string of the molecule is Fc1cccc(N2CCCCc3ccccc32)c1CCl. The lowest BCUT2D eigenvalue weighted by Crippen LogP contribution is -2.19. The second kappa shape index (κ2) is 5.84. The predicted octanol–water partition coefficient (Wildman–Crippen LogP) is 5.04. The molecule has 0 unspecified atom stereocenters. The van der Waals surface area contributed by atoms with Crippen molar-refractivity contribution < 1.29 is 4.39 Å². The number of halogens is 2. The van der Waals surface area contributed by atoms with Crippen LogP contribution >= 0.6 is 11.6 Å². The van der Waals surface area contributed by atoms with Gasteiger partial charge in [0, 0.05) is 23.5 Å². The van der Waals surface area contributed by atoms with E-state index in [9.17, 15) is 4.39 Å². The van der Waals surface area contributed by atoms with Crippen molar-refractivity contribution in [2.45, 2.75) is 25.1 Å². The zero-order valence-corrected chi connectivity index (χ0v) is 12.0. The zero-order chi connectivity index (χ0) is 13.9. The number of hydrogen-bond acceptors (Lipinski definition) is 1. The largest absolute Gasteiger partial charge is 0.341 e. The maximum atomic E-state index is 14.0. The third-order valence-corrected chi connectivity index (χ3v) is 4.15. The minimum Gasteiger partial charge on any atom is -0.341 e. The fraction of sp³-hybridized carbons (Fsp3) is 0.294. The van der Waals surface area contributed by atoms with Crippen LogP contribution in [-0.2, 0) is 12.3 Å². The summed E-state index contributed by atoms with van der Waals surface area (Å²) in [5, 5.41) is 0. The van der Waals surface area contributed by atoms with E-state index in [0.717, 1.165) is 25.1 Å². The van der Waals surface area contributed by atoms with Gasteiger partial charge in [0.05, 0.1) is 5.88 Å². The quantitative estimate of drug-likeness (QED) is 0.700. The number of aryl methyl sites for hydroxylation is 1. The van der Waals surface area contributed by atoms with Crippen molar-refractivity contribution in [1.29, 1.82) is 0 Å². The third-order valence-electron chi connectivity index (χ3n) is 3.88. The molecule has 1 heterocycles. The molecule has 1 aliphatic heterocycles. The highest BCUT2D eigenvalue weighted by atomic mass is 35.5. The Labute approximate surface area is 124 Å².